The van der Waals surface area contributed by atoms with E-state index >= 15 is 0 Å². The Labute approximate surface area is 124 Å². The number of hydrogen-bond donors (Lipinski definition) is 0. The van der Waals surface area contributed by atoms with Gasteiger partial charge in [-0.05, 0) is 46.1 Å². The molecule has 0 aliphatic rings. The van der Waals surface area contributed by atoms with Gasteiger partial charge in [0.2, 0.25) is 0 Å². The third kappa shape index (κ3) is 3.12. The summed E-state index contributed by atoms with van der Waals surface area (Å²) in [5.74, 6) is 0.955. The summed E-state index contributed by atoms with van der Waals surface area (Å²) in [6.07, 6.45) is 1.89. The van der Waals surface area contributed by atoms with Crippen LogP contribution in [0.1, 0.15) is 11.1 Å². The third-order valence-corrected chi connectivity index (χ3v) is 4.04. The number of benzene rings is 1. The van der Waals surface area contributed by atoms with Gasteiger partial charge in [-0.15, -0.1) is 0 Å². The molecule has 0 spiro atoms. The van der Waals surface area contributed by atoms with Crippen LogP contribution in [-0.2, 0) is 6.54 Å². The fourth-order valence-corrected chi connectivity index (χ4v) is 2.94. The highest BCUT2D eigenvalue weighted by Crippen LogP contribution is 2.26. The van der Waals surface area contributed by atoms with E-state index in [2.05, 4.69) is 59.9 Å². The molecule has 0 saturated heterocycles. The van der Waals surface area contributed by atoms with Gasteiger partial charge in [-0.1, -0.05) is 34.1 Å². The lowest BCUT2D eigenvalue weighted by atomic mass is 10.2. The highest BCUT2D eigenvalue weighted by atomic mass is 79.9. The van der Waals surface area contributed by atoms with Crippen molar-refractivity contribution in [3.8, 4) is 0 Å². The topological polar surface area (TPSA) is 16.1 Å². The molecule has 0 radical (unpaired) electrons. The lowest BCUT2D eigenvalue weighted by Gasteiger charge is -2.20. The quantitative estimate of drug-likeness (QED) is 0.788. The first-order chi connectivity index (χ1) is 8.58. The molecule has 0 bridgehead atoms. The van der Waals surface area contributed by atoms with Crippen LogP contribution < -0.4 is 4.90 Å². The summed E-state index contributed by atoms with van der Waals surface area (Å²) >= 11 is 7.13. The Bertz CT molecular complexity index is 555. The number of aryl methyl sites for hydroxylation is 1. The van der Waals surface area contributed by atoms with Crippen LogP contribution in [-0.4, -0.2) is 12.0 Å². The zero-order chi connectivity index (χ0) is 13.1. The van der Waals surface area contributed by atoms with Crippen molar-refractivity contribution < 1.29 is 0 Å². The molecule has 0 fully saturated rings. The van der Waals surface area contributed by atoms with Crippen LogP contribution in [0.15, 0.2) is 45.5 Å². The van der Waals surface area contributed by atoms with E-state index in [9.17, 15) is 0 Å². The zero-order valence-corrected chi connectivity index (χ0v) is 13.5. The summed E-state index contributed by atoms with van der Waals surface area (Å²) in [4.78, 5) is 6.60. The predicted octanol–water partition coefficient (Wildman–Crippen LogP) is 4.55. The molecule has 0 atom stereocenters. The van der Waals surface area contributed by atoms with Crippen LogP contribution >= 0.6 is 31.9 Å². The Morgan fingerprint density at radius 2 is 1.89 bits per heavy atom. The van der Waals surface area contributed by atoms with E-state index in [4.69, 9.17) is 0 Å². The molecule has 2 nitrogen and oxygen atoms in total. The van der Waals surface area contributed by atoms with Crippen molar-refractivity contribution in [3.63, 3.8) is 0 Å². The second kappa shape index (κ2) is 5.85. The van der Waals surface area contributed by atoms with Crippen LogP contribution in [0, 0.1) is 6.92 Å². The third-order valence-electron chi connectivity index (χ3n) is 2.69. The summed E-state index contributed by atoms with van der Waals surface area (Å²) in [7, 11) is 2.04. The lowest BCUT2D eigenvalue weighted by Crippen LogP contribution is -2.18. The van der Waals surface area contributed by atoms with E-state index in [0.717, 1.165) is 26.9 Å². The Morgan fingerprint density at radius 1 is 1.17 bits per heavy atom. The van der Waals surface area contributed by atoms with Crippen LogP contribution in [0.5, 0.6) is 0 Å². The number of halogens is 2. The molecule has 0 aliphatic carbocycles. The predicted molar refractivity (Wildman–Crippen MR) is 82.9 cm³/mol. The first kappa shape index (κ1) is 13.6. The van der Waals surface area contributed by atoms with Crippen molar-refractivity contribution >= 4 is 37.7 Å². The highest BCUT2D eigenvalue weighted by molar-refractivity contribution is 9.10. The van der Waals surface area contributed by atoms with Crippen molar-refractivity contribution in [3.05, 3.63) is 56.6 Å². The number of pyridine rings is 1. The van der Waals surface area contributed by atoms with Gasteiger partial charge in [-0.3, -0.25) is 0 Å². The average Bonchev–Trinajstić information content (AvgIpc) is 2.32. The normalized spacial score (nSPS) is 10.4. The van der Waals surface area contributed by atoms with E-state index in [1.165, 1.54) is 5.56 Å². The number of rotatable bonds is 3. The average molecular weight is 370 g/mol. The van der Waals surface area contributed by atoms with Gasteiger partial charge in [0.05, 0.1) is 4.47 Å². The first-order valence-corrected chi connectivity index (χ1v) is 7.23. The Balaban J connectivity index is 2.22. The van der Waals surface area contributed by atoms with E-state index in [0.29, 0.717) is 0 Å². The molecule has 2 aromatic rings. The standard InChI is InChI=1S/C14H14Br2N2/c1-10-7-13(16)14(17-8-10)18(2)9-11-5-3-4-6-12(11)15/h3-8H,9H2,1-2H3. The molecule has 18 heavy (non-hydrogen) atoms. The minimum Gasteiger partial charge on any atom is -0.354 e. The van der Waals surface area contributed by atoms with Gasteiger partial charge >= 0.3 is 0 Å². The van der Waals surface area contributed by atoms with Gasteiger partial charge in [0.1, 0.15) is 5.82 Å². The molecule has 0 saturated carbocycles. The molecule has 0 aliphatic heterocycles. The summed E-state index contributed by atoms with van der Waals surface area (Å²) in [5.41, 5.74) is 2.40. The maximum Gasteiger partial charge on any atom is 0.142 e. The van der Waals surface area contributed by atoms with E-state index < -0.39 is 0 Å². The summed E-state index contributed by atoms with van der Waals surface area (Å²) in [6, 6.07) is 10.3. The number of nitrogens with zero attached hydrogens (tertiary/aromatic N) is 2. The molecule has 1 heterocycles. The fourth-order valence-electron chi connectivity index (χ4n) is 1.76. The smallest absolute Gasteiger partial charge is 0.142 e. The molecular weight excluding hydrogens is 356 g/mol. The molecule has 4 heteroatoms. The van der Waals surface area contributed by atoms with Crippen molar-refractivity contribution in [1.82, 2.24) is 4.98 Å². The Morgan fingerprint density at radius 3 is 2.56 bits per heavy atom. The van der Waals surface area contributed by atoms with Crippen molar-refractivity contribution in [2.24, 2.45) is 0 Å². The highest BCUT2D eigenvalue weighted by Gasteiger charge is 2.09. The molecule has 0 N–H and O–H groups in total. The monoisotopic (exact) mass is 368 g/mol. The zero-order valence-electron chi connectivity index (χ0n) is 10.3. The number of hydrogen-bond acceptors (Lipinski definition) is 2. The number of anilines is 1. The number of aromatic nitrogens is 1. The van der Waals surface area contributed by atoms with Gasteiger partial charge in [-0.25, -0.2) is 4.98 Å². The van der Waals surface area contributed by atoms with Gasteiger partial charge in [-0.2, -0.15) is 0 Å². The first-order valence-electron chi connectivity index (χ1n) is 5.64. The van der Waals surface area contributed by atoms with Crippen LogP contribution in [0.25, 0.3) is 0 Å². The van der Waals surface area contributed by atoms with Crippen LogP contribution in [0.2, 0.25) is 0 Å². The van der Waals surface area contributed by atoms with Gasteiger partial charge in [0.25, 0.3) is 0 Å². The Hall–Kier alpha value is -0.870. The van der Waals surface area contributed by atoms with Gasteiger partial charge in [0.15, 0.2) is 0 Å². The summed E-state index contributed by atoms with van der Waals surface area (Å²) in [6.45, 7) is 2.85. The maximum absolute atomic E-state index is 4.47. The van der Waals surface area contributed by atoms with E-state index in [1.807, 2.05) is 32.3 Å². The molecule has 0 amide bonds. The van der Waals surface area contributed by atoms with Gasteiger partial charge in [0, 0.05) is 24.3 Å². The van der Waals surface area contributed by atoms with Crippen molar-refractivity contribution in [2.75, 3.05) is 11.9 Å². The van der Waals surface area contributed by atoms with Crippen LogP contribution in [0.4, 0.5) is 5.82 Å². The summed E-state index contributed by atoms with van der Waals surface area (Å²) in [5, 5.41) is 0. The molecule has 1 aromatic heterocycles. The van der Waals surface area contributed by atoms with Crippen molar-refractivity contribution in [1.29, 1.82) is 0 Å². The van der Waals surface area contributed by atoms with Crippen LogP contribution in [0.3, 0.4) is 0 Å². The molecule has 94 valence electrons. The molecular formula is C14H14Br2N2. The minimum atomic E-state index is 0.816. The lowest BCUT2D eigenvalue weighted by molar-refractivity contribution is 0.889. The fraction of sp³-hybridized carbons (Fsp3) is 0.214. The second-order valence-corrected chi connectivity index (χ2v) is 5.97. The summed E-state index contributed by atoms with van der Waals surface area (Å²) < 4.78 is 2.15. The van der Waals surface area contributed by atoms with Crippen molar-refractivity contribution in [2.45, 2.75) is 13.5 Å². The van der Waals surface area contributed by atoms with E-state index in [1.54, 1.807) is 0 Å². The molecule has 0 unspecified atom stereocenters. The molecule has 2 rings (SSSR count). The van der Waals surface area contributed by atoms with Gasteiger partial charge < -0.3 is 4.90 Å². The minimum absolute atomic E-state index is 0.816. The second-order valence-electron chi connectivity index (χ2n) is 4.27. The SMILES string of the molecule is Cc1cnc(N(C)Cc2ccccc2Br)c(Br)c1. The van der Waals surface area contributed by atoms with E-state index in [-0.39, 0.29) is 0 Å². The largest absolute Gasteiger partial charge is 0.354 e. The molecule has 1 aromatic carbocycles. The Kier molecular flexibility index (Phi) is 4.40. The maximum atomic E-state index is 4.47.